The van der Waals surface area contributed by atoms with Gasteiger partial charge in [0.2, 0.25) is 5.91 Å². The lowest BCUT2D eigenvalue weighted by Gasteiger charge is -2.31. The summed E-state index contributed by atoms with van der Waals surface area (Å²) in [6.07, 6.45) is 7.19. The highest BCUT2D eigenvalue weighted by atomic mass is 19.1. The molecule has 0 bridgehead atoms. The lowest BCUT2D eigenvalue weighted by Crippen LogP contribution is -2.39. The van der Waals surface area contributed by atoms with E-state index in [2.05, 4.69) is 25.6 Å². The number of fused-ring (bicyclic) bond motifs is 2. The van der Waals surface area contributed by atoms with Gasteiger partial charge in [-0.1, -0.05) is 0 Å². The second-order valence-corrected chi connectivity index (χ2v) is 9.93. The van der Waals surface area contributed by atoms with Crippen LogP contribution in [0.2, 0.25) is 0 Å². The monoisotopic (exact) mass is 491 g/mol. The van der Waals surface area contributed by atoms with Gasteiger partial charge in [-0.05, 0) is 55.4 Å². The summed E-state index contributed by atoms with van der Waals surface area (Å²) in [6.45, 7) is 3.21. The van der Waals surface area contributed by atoms with Gasteiger partial charge in [0.25, 0.3) is 0 Å². The van der Waals surface area contributed by atoms with E-state index in [1.54, 1.807) is 11.1 Å². The topological polar surface area (TPSA) is 96.3 Å². The van der Waals surface area contributed by atoms with E-state index in [-0.39, 0.29) is 17.6 Å². The van der Waals surface area contributed by atoms with Crippen LogP contribution in [-0.2, 0) is 16.1 Å². The number of piperidine rings is 1. The molecule has 0 atom stereocenters. The number of hydrogen-bond donors (Lipinski definition) is 2. The van der Waals surface area contributed by atoms with E-state index < -0.39 is 6.61 Å². The molecule has 2 saturated heterocycles. The zero-order valence-electron chi connectivity index (χ0n) is 20.1. The van der Waals surface area contributed by atoms with Gasteiger partial charge in [-0.2, -0.15) is 0 Å². The number of amides is 1. The standard InChI is InChI=1S/C27H30FN5O3/c28-22-13-24-25(33(16-30-24)14-17-4-9-36-10-5-17)12-20(22)19-1-6-29-27-21(19)11-23(31-27)18-2-7-32(8-3-18)26(35)15-34/h1,6,11-13,16-18,34H,2-5,7-10,14-15H2,(H,29,31). The molecule has 5 heterocycles. The van der Waals surface area contributed by atoms with E-state index in [1.165, 1.54) is 6.07 Å². The third-order valence-electron chi connectivity index (χ3n) is 7.77. The molecular weight excluding hydrogens is 461 g/mol. The number of carbonyl (C=O) groups is 1. The summed E-state index contributed by atoms with van der Waals surface area (Å²) in [5.74, 6) is 0.257. The van der Waals surface area contributed by atoms with E-state index in [9.17, 15) is 4.79 Å². The van der Waals surface area contributed by atoms with E-state index in [1.807, 2.05) is 18.5 Å². The number of ether oxygens (including phenoxy) is 1. The summed E-state index contributed by atoms with van der Waals surface area (Å²) in [5, 5.41) is 10.0. The van der Waals surface area contributed by atoms with E-state index in [4.69, 9.17) is 9.84 Å². The quantitative estimate of drug-likeness (QED) is 0.442. The number of halogens is 1. The number of aliphatic hydroxyl groups excluding tert-OH is 1. The fraction of sp³-hybridized carbons (Fsp3) is 0.444. The van der Waals surface area contributed by atoms with Crippen LogP contribution < -0.4 is 0 Å². The zero-order chi connectivity index (χ0) is 24.6. The van der Waals surface area contributed by atoms with Crippen molar-refractivity contribution in [2.45, 2.75) is 38.1 Å². The first kappa shape index (κ1) is 23.1. The Bertz CT molecular complexity index is 1400. The fourth-order valence-electron chi connectivity index (χ4n) is 5.68. The molecule has 8 nitrogen and oxygen atoms in total. The van der Waals surface area contributed by atoms with Crippen molar-refractivity contribution < 1.29 is 19.0 Å². The Morgan fingerprint density at radius 1 is 1.11 bits per heavy atom. The Kier molecular flexibility index (Phi) is 6.18. The van der Waals surface area contributed by atoms with E-state index >= 15 is 4.39 Å². The number of aliphatic hydroxyl groups is 1. The second-order valence-electron chi connectivity index (χ2n) is 9.93. The second kappa shape index (κ2) is 9.63. The minimum Gasteiger partial charge on any atom is -0.387 e. The number of hydrogen-bond acceptors (Lipinski definition) is 5. The van der Waals surface area contributed by atoms with Gasteiger partial charge in [-0.25, -0.2) is 14.4 Å². The van der Waals surface area contributed by atoms with Gasteiger partial charge in [-0.3, -0.25) is 4.79 Å². The minimum atomic E-state index is -0.450. The maximum Gasteiger partial charge on any atom is 0.248 e. The number of benzene rings is 1. The minimum absolute atomic E-state index is 0.226. The molecule has 188 valence electrons. The molecule has 0 aliphatic carbocycles. The Labute approximate surface area is 208 Å². The predicted molar refractivity (Wildman–Crippen MR) is 134 cm³/mol. The number of H-pyrrole nitrogens is 1. The molecule has 1 aromatic carbocycles. The number of nitrogens with one attached hydrogen (secondary N) is 1. The van der Waals surface area contributed by atoms with Crippen LogP contribution in [0.1, 0.15) is 37.3 Å². The van der Waals surface area contributed by atoms with Gasteiger partial charge >= 0.3 is 0 Å². The third-order valence-corrected chi connectivity index (χ3v) is 7.77. The molecule has 36 heavy (non-hydrogen) atoms. The molecule has 0 unspecified atom stereocenters. The molecule has 0 saturated carbocycles. The largest absolute Gasteiger partial charge is 0.387 e. The Balaban J connectivity index is 1.32. The SMILES string of the molecule is O=C(CO)N1CCC(c2cc3c(-c4cc5c(cc4F)ncn5CC4CCOCC4)ccnc3[nH]2)CC1. The average Bonchev–Trinajstić information content (AvgIpc) is 3.52. The molecule has 0 radical (unpaired) electrons. The van der Waals surface area contributed by atoms with Crippen molar-refractivity contribution in [3.8, 4) is 11.1 Å². The summed E-state index contributed by atoms with van der Waals surface area (Å²) in [6, 6.07) is 7.39. The van der Waals surface area contributed by atoms with Crippen molar-refractivity contribution >= 4 is 28.0 Å². The van der Waals surface area contributed by atoms with Crippen LogP contribution in [0.15, 0.2) is 36.8 Å². The summed E-state index contributed by atoms with van der Waals surface area (Å²) in [7, 11) is 0. The van der Waals surface area contributed by atoms with Crippen molar-refractivity contribution in [3.05, 3.63) is 48.3 Å². The molecule has 2 N–H and O–H groups in total. The van der Waals surface area contributed by atoms with Gasteiger partial charge in [0.05, 0.1) is 17.4 Å². The molecule has 9 heteroatoms. The number of pyridine rings is 1. The molecule has 2 aliphatic heterocycles. The van der Waals surface area contributed by atoms with Gasteiger partial charge < -0.3 is 24.3 Å². The predicted octanol–water partition coefficient (Wildman–Crippen LogP) is 3.84. The summed E-state index contributed by atoms with van der Waals surface area (Å²) in [5.41, 5.74) is 4.71. The van der Waals surface area contributed by atoms with Crippen molar-refractivity contribution in [3.63, 3.8) is 0 Å². The molecule has 2 fully saturated rings. The van der Waals surface area contributed by atoms with E-state index in [0.717, 1.165) is 73.2 Å². The maximum atomic E-state index is 15.4. The van der Waals surface area contributed by atoms with Crippen LogP contribution in [-0.4, -0.2) is 68.3 Å². The summed E-state index contributed by atoms with van der Waals surface area (Å²) in [4.78, 5) is 25.9. The lowest BCUT2D eigenvalue weighted by atomic mass is 9.93. The summed E-state index contributed by atoms with van der Waals surface area (Å²) >= 11 is 0. The van der Waals surface area contributed by atoms with Crippen LogP contribution in [0, 0.1) is 11.7 Å². The van der Waals surface area contributed by atoms with Crippen LogP contribution in [0.3, 0.4) is 0 Å². The normalized spacial score (nSPS) is 17.9. The number of imidazole rings is 1. The first-order chi connectivity index (χ1) is 17.6. The number of nitrogens with zero attached hydrogens (tertiary/aromatic N) is 4. The number of aromatic nitrogens is 4. The number of likely N-dealkylation sites (tertiary alicyclic amines) is 1. The first-order valence-electron chi connectivity index (χ1n) is 12.7. The average molecular weight is 492 g/mol. The Morgan fingerprint density at radius 2 is 1.92 bits per heavy atom. The highest BCUT2D eigenvalue weighted by Gasteiger charge is 2.25. The van der Waals surface area contributed by atoms with Gasteiger partial charge in [0, 0.05) is 67.7 Å². The van der Waals surface area contributed by atoms with Crippen LogP contribution in [0.5, 0.6) is 0 Å². The lowest BCUT2D eigenvalue weighted by molar-refractivity contribution is -0.135. The molecule has 6 rings (SSSR count). The van der Waals surface area contributed by atoms with Crippen LogP contribution >= 0.6 is 0 Å². The number of carbonyl (C=O) groups excluding carboxylic acids is 1. The van der Waals surface area contributed by atoms with Gasteiger partial charge in [-0.15, -0.1) is 0 Å². The van der Waals surface area contributed by atoms with Crippen molar-refractivity contribution in [2.75, 3.05) is 32.9 Å². The molecule has 3 aromatic heterocycles. The molecular formula is C27H30FN5O3. The zero-order valence-corrected chi connectivity index (χ0v) is 20.1. The maximum absolute atomic E-state index is 15.4. The molecule has 1 amide bonds. The Hall–Kier alpha value is -3.30. The smallest absolute Gasteiger partial charge is 0.248 e. The fourth-order valence-corrected chi connectivity index (χ4v) is 5.68. The highest BCUT2D eigenvalue weighted by Crippen LogP contribution is 2.36. The van der Waals surface area contributed by atoms with Crippen LogP contribution in [0.25, 0.3) is 33.2 Å². The van der Waals surface area contributed by atoms with Crippen molar-refractivity contribution in [1.82, 2.24) is 24.4 Å². The first-order valence-corrected chi connectivity index (χ1v) is 12.7. The van der Waals surface area contributed by atoms with Gasteiger partial charge in [0.1, 0.15) is 18.1 Å². The summed E-state index contributed by atoms with van der Waals surface area (Å²) < 4.78 is 23.0. The highest BCUT2D eigenvalue weighted by molar-refractivity contribution is 5.96. The number of aromatic amines is 1. The van der Waals surface area contributed by atoms with E-state index in [0.29, 0.717) is 30.1 Å². The third kappa shape index (κ3) is 4.26. The van der Waals surface area contributed by atoms with Crippen LogP contribution in [0.4, 0.5) is 4.39 Å². The van der Waals surface area contributed by atoms with Crippen molar-refractivity contribution in [2.24, 2.45) is 5.92 Å². The van der Waals surface area contributed by atoms with Gasteiger partial charge in [0.15, 0.2) is 0 Å². The molecule has 4 aromatic rings. The molecule has 0 spiro atoms. The number of rotatable bonds is 5. The molecule has 2 aliphatic rings. The Morgan fingerprint density at radius 3 is 2.69 bits per heavy atom. The van der Waals surface area contributed by atoms with Crippen molar-refractivity contribution in [1.29, 1.82) is 0 Å².